The molecule has 34 heavy (non-hydrogen) atoms. The summed E-state index contributed by atoms with van der Waals surface area (Å²) >= 11 is 0. The number of benzene rings is 3. The Morgan fingerprint density at radius 3 is 1.47 bits per heavy atom. The second kappa shape index (κ2) is 6.66. The van der Waals surface area contributed by atoms with Gasteiger partial charge in [0.1, 0.15) is 0 Å². The predicted octanol–water partition coefficient (Wildman–Crippen LogP) is 8.02. The van der Waals surface area contributed by atoms with E-state index in [9.17, 15) is 0 Å². The fourth-order valence-electron chi connectivity index (χ4n) is 7.04. The van der Waals surface area contributed by atoms with Crippen molar-refractivity contribution in [1.29, 1.82) is 0 Å². The molecule has 2 heterocycles. The lowest BCUT2D eigenvalue weighted by Gasteiger charge is -2.17. The average Bonchev–Trinajstić information content (AvgIpc) is 3.52. The minimum atomic E-state index is 0.223. The largest absolute Gasteiger partial charge is 0.313 e. The number of fused-ring (bicyclic) bond motifs is 6. The van der Waals surface area contributed by atoms with Crippen LogP contribution in [0.2, 0.25) is 0 Å². The Balaban J connectivity index is 1.49. The molecule has 170 valence electrons. The highest BCUT2D eigenvalue weighted by Gasteiger charge is 2.37. The van der Waals surface area contributed by atoms with Crippen LogP contribution in [0.5, 0.6) is 0 Å². The molecule has 0 unspecified atom stereocenters. The van der Waals surface area contributed by atoms with Crippen molar-refractivity contribution in [2.24, 2.45) is 0 Å². The van der Waals surface area contributed by atoms with E-state index in [4.69, 9.17) is 0 Å². The maximum atomic E-state index is 2.54. The summed E-state index contributed by atoms with van der Waals surface area (Å²) in [6.07, 6.45) is 4.70. The molecule has 0 atom stereocenters. The standard InChI is InChI=1S/C32H32N2/c1-31(2)18-16-27-29(31)23-12-5-7-14-25(23)33(27)21-10-9-11-22(20-21)34-26-15-8-6-13-24(26)30-28(34)17-19-32(30,3)4/h5-15,20H,16-19H2,1-4H3. The zero-order valence-electron chi connectivity index (χ0n) is 20.7. The van der Waals surface area contributed by atoms with Crippen molar-refractivity contribution in [2.75, 3.05) is 0 Å². The van der Waals surface area contributed by atoms with Gasteiger partial charge in [0, 0.05) is 33.5 Å². The molecule has 0 saturated heterocycles. The van der Waals surface area contributed by atoms with Crippen molar-refractivity contribution in [1.82, 2.24) is 9.13 Å². The molecule has 0 amide bonds. The molecule has 2 aromatic heterocycles. The minimum absolute atomic E-state index is 0.223. The summed E-state index contributed by atoms with van der Waals surface area (Å²) < 4.78 is 5.08. The molecule has 2 heteroatoms. The lowest BCUT2D eigenvalue weighted by Crippen LogP contribution is -2.11. The molecule has 0 saturated carbocycles. The van der Waals surface area contributed by atoms with Gasteiger partial charge in [0.05, 0.1) is 11.0 Å². The van der Waals surface area contributed by atoms with Crippen molar-refractivity contribution in [3.63, 3.8) is 0 Å². The lowest BCUT2D eigenvalue weighted by molar-refractivity contribution is 0.525. The smallest absolute Gasteiger partial charge is 0.0534 e. The Kier molecular flexibility index (Phi) is 3.94. The second-order valence-electron chi connectivity index (χ2n) is 11.6. The Bertz CT molecular complexity index is 1490. The molecule has 0 N–H and O–H groups in total. The van der Waals surface area contributed by atoms with Gasteiger partial charge in [-0.1, -0.05) is 70.2 Å². The Hall–Kier alpha value is -3.26. The topological polar surface area (TPSA) is 9.86 Å². The quantitative estimate of drug-likeness (QED) is 0.261. The first-order valence-corrected chi connectivity index (χ1v) is 12.7. The Morgan fingerprint density at radius 2 is 1.00 bits per heavy atom. The first-order chi connectivity index (χ1) is 16.4. The van der Waals surface area contributed by atoms with Crippen molar-refractivity contribution in [3.05, 3.63) is 95.3 Å². The van der Waals surface area contributed by atoms with Crippen molar-refractivity contribution < 1.29 is 0 Å². The van der Waals surface area contributed by atoms with Gasteiger partial charge in [-0.25, -0.2) is 0 Å². The van der Waals surface area contributed by atoms with Crippen LogP contribution in [-0.2, 0) is 23.7 Å². The van der Waals surface area contributed by atoms with E-state index in [1.807, 2.05) is 0 Å². The van der Waals surface area contributed by atoms with Gasteiger partial charge in [0.15, 0.2) is 0 Å². The molecule has 2 aliphatic carbocycles. The van der Waals surface area contributed by atoms with Gasteiger partial charge in [-0.05, 0) is 78.0 Å². The summed E-state index contributed by atoms with van der Waals surface area (Å²) in [5.41, 5.74) is 11.7. The van der Waals surface area contributed by atoms with E-state index in [1.165, 1.54) is 57.4 Å². The molecule has 7 rings (SSSR count). The third kappa shape index (κ3) is 2.57. The third-order valence-electron chi connectivity index (χ3n) is 8.62. The van der Waals surface area contributed by atoms with Crippen LogP contribution in [0.3, 0.4) is 0 Å². The van der Waals surface area contributed by atoms with Crippen LogP contribution in [0.1, 0.15) is 63.1 Å². The van der Waals surface area contributed by atoms with Crippen molar-refractivity contribution >= 4 is 21.8 Å². The second-order valence-corrected chi connectivity index (χ2v) is 11.6. The molecular formula is C32H32N2. The summed E-state index contributed by atoms with van der Waals surface area (Å²) in [7, 11) is 0. The number of hydrogen-bond donors (Lipinski definition) is 0. The molecule has 0 radical (unpaired) electrons. The number of nitrogens with zero attached hydrogens (tertiary/aromatic N) is 2. The predicted molar refractivity (Wildman–Crippen MR) is 143 cm³/mol. The molecule has 2 aliphatic rings. The monoisotopic (exact) mass is 444 g/mol. The van der Waals surface area contributed by atoms with Crippen LogP contribution in [0.15, 0.2) is 72.8 Å². The van der Waals surface area contributed by atoms with Gasteiger partial charge in [-0.2, -0.15) is 0 Å². The maximum Gasteiger partial charge on any atom is 0.0534 e. The van der Waals surface area contributed by atoms with E-state index in [0.29, 0.717) is 0 Å². The summed E-state index contributed by atoms with van der Waals surface area (Å²) in [5, 5.41) is 2.83. The number of rotatable bonds is 2. The van der Waals surface area contributed by atoms with Gasteiger partial charge in [-0.15, -0.1) is 0 Å². The highest BCUT2D eigenvalue weighted by atomic mass is 15.0. The molecular weight excluding hydrogens is 412 g/mol. The van der Waals surface area contributed by atoms with Gasteiger partial charge in [-0.3, -0.25) is 0 Å². The molecule has 5 aromatic rings. The summed E-state index contributed by atoms with van der Waals surface area (Å²) in [6.45, 7) is 9.62. The highest BCUT2D eigenvalue weighted by molar-refractivity contribution is 5.91. The van der Waals surface area contributed by atoms with Gasteiger partial charge in [0.2, 0.25) is 0 Å². The third-order valence-corrected chi connectivity index (χ3v) is 8.62. The van der Waals surface area contributed by atoms with E-state index < -0.39 is 0 Å². The number of para-hydroxylation sites is 2. The number of hydrogen-bond acceptors (Lipinski definition) is 0. The van der Waals surface area contributed by atoms with Crippen molar-refractivity contribution in [2.45, 2.75) is 64.2 Å². The van der Waals surface area contributed by atoms with Gasteiger partial charge >= 0.3 is 0 Å². The highest BCUT2D eigenvalue weighted by Crippen LogP contribution is 2.47. The first kappa shape index (κ1) is 20.1. The van der Waals surface area contributed by atoms with E-state index in [1.54, 1.807) is 11.1 Å². The zero-order valence-corrected chi connectivity index (χ0v) is 20.7. The molecule has 0 spiro atoms. The van der Waals surface area contributed by atoms with Crippen molar-refractivity contribution in [3.8, 4) is 11.4 Å². The maximum absolute atomic E-state index is 2.54. The molecule has 3 aromatic carbocycles. The lowest BCUT2D eigenvalue weighted by atomic mass is 9.86. The Labute approximate surface area is 201 Å². The van der Waals surface area contributed by atoms with Crippen LogP contribution in [0.25, 0.3) is 33.2 Å². The molecule has 2 nitrogen and oxygen atoms in total. The molecule has 0 bridgehead atoms. The SMILES string of the molecule is CC1(C)CCc2c1c1ccccc1n2-c1cccc(-n2c3c(c4ccccc42)C(C)(C)CC3)c1. The van der Waals surface area contributed by atoms with Gasteiger partial charge in [0.25, 0.3) is 0 Å². The fourth-order valence-corrected chi connectivity index (χ4v) is 7.04. The molecule has 0 aliphatic heterocycles. The first-order valence-electron chi connectivity index (χ1n) is 12.7. The Morgan fingerprint density at radius 1 is 0.559 bits per heavy atom. The number of aromatic nitrogens is 2. The summed E-state index contributed by atoms with van der Waals surface area (Å²) in [6, 6.07) is 27.2. The average molecular weight is 445 g/mol. The van der Waals surface area contributed by atoms with Crippen LogP contribution >= 0.6 is 0 Å². The van der Waals surface area contributed by atoms with Crippen LogP contribution in [0.4, 0.5) is 0 Å². The fraction of sp³-hybridized carbons (Fsp3) is 0.312. The summed E-state index contributed by atoms with van der Waals surface area (Å²) in [5.74, 6) is 0. The van der Waals surface area contributed by atoms with E-state index >= 15 is 0 Å². The van der Waals surface area contributed by atoms with Crippen LogP contribution in [0, 0.1) is 0 Å². The minimum Gasteiger partial charge on any atom is -0.313 e. The summed E-state index contributed by atoms with van der Waals surface area (Å²) in [4.78, 5) is 0. The molecule has 0 fully saturated rings. The van der Waals surface area contributed by atoms with E-state index in [2.05, 4.69) is 110 Å². The van der Waals surface area contributed by atoms with Crippen LogP contribution in [-0.4, -0.2) is 9.13 Å². The van der Waals surface area contributed by atoms with Crippen LogP contribution < -0.4 is 0 Å². The van der Waals surface area contributed by atoms with E-state index in [-0.39, 0.29) is 10.8 Å². The van der Waals surface area contributed by atoms with E-state index in [0.717, 1.165) is 12.8 Å². The normalized spacial score (nSPS) is 18.0. The van der Waals surface area contributed by atoms with Gasteiger partial charge < -0.3 is 9.13 Å². The zero-order chi connectivity index (χ0) is 23.2.